The van der Waals surface area contributed by atoms with E-state index in [0.717, 1.165) is 17.1 Å². The summed E-state index contributed by atoms with van der Waals surface area (Å²) >= 11 is 3.50. The van der Waals surface area contributed by atoms with Gasteiger partial charge in [0.2, 0.25) is 21.9 Å². The van der Waals surface area contributed by atoms with Gasteiger partial charge in [0.15, 0.2) is 0 Å². The maximum absolute atomic E-state index is 14.0. The normalized spacial score (nSPS) is 19.2. The van der Waals surface area contributed by atoms with E-state index >= 15 is 0 Å². The number of carbonyl (C=O) groups excluding carboxylic acids is 1. The lowest BCUT2D eigenvalue weighted by atomic mass is 10.1. The van der Waals surface area contributed by atoms with Gasteiger partial charge in [-0.05, 0) is 62.7 Å². The second-order valence-electron chi connectivity index (χ2n) is 10.2. The van der Waals surface area contributed by atoms with Crippen molar-refractivity contribution in [3.05, 3.63) is 63.4 Å². The lowest BCUT2D eigenvalue weighted by molar-refractivity contribution is -0.125. The van der Waals surface area contributed by atoms with E-state index in [0.29, 0.717) is 40.5 Å². The number of aliphatic hydroxyl groups is 1. The van der Waals surface area contributed by atoms with Gasteiger partial charge < -0.3 is 25.2 Å². The average Bonchev–Trinajstić information content (AvgIpc) is 3.26. The van der Waals surface area contributed by atoms with Crippen LogP contribution >= 0.6 is 15.9 Å². The first-order chi connectivity index (χ1) is 20.5. The van der Waals surface area contributed by atoms with Crippen LogP contribution in [-0.2, 0) is 26.1 Å². The van der Waals surface area contributed by atoms with Gasteiger partial charge in [0.1, 0.15) is 17.6 Å². The molecule has 0 aromatic heterocycles. The Balaban J connectivity index is 1.54. The fraction of sp³-hybridized carbons (Fsp3) is 0.414. The van der Waals surface area contributed by atoms with Crippen molar-refractivity contribution in [3.8, 4) is 5.75 Å². The van der Waals surface area contributed by atoms with Gasteiger partial charge in [-0.3, -0.25) is 4.79 Å². The summed E-state index contributed by atoms with van der Waals surface area (Å²) in [5.74, 6) is -0.721. The lowest BCUT2D eigenvalue weighted by Crippen LogP contribution is -2.46. The zero-order valence-corrected chi connectivity index (χ0v) is 26.5. The van der Waals surface area contributed by atoms with Crippen LogP contribution in [-0.4, -0.2) is 75.4 Å². The quantitative estimate of drug-likeness (QED) is 0.272. The SMILES string of the molecule is C=NC(=NC1CCOCC1)N/C(=C(\C)Br)c1ccc2c(c1)S(=O)(=O)N([C@H](C)C(=O)N[C@H](CO)c1cc(F)cc(OC)c1)C2. The molecule has 1 amide bonds. The standard InChI is InChI=1S/C29H35BrFN5O6S/c1-17(30)27(35-29(32-3)33-23-7-9-42-10-8-23)19-5-6-20-15-36(43(39,40)26(20)13-19)18(2)28(38)34-25(16-37)21-11-22(31)14-24(12-21)41-4/h5-6,11-14,18,23,25,37H,3,7-10,15-16H2,1-2,4H3,(H,33,35)(H,34,38)/b27-17+/t18-,25-/m1/s1. The number of amides is 1. The molecule has 0 aliphatic carbocycles. The predicted octanol–water partition coefficient (Wildman–Crippen LogP) is 3.49. The molecule has 2 heterocycles. The summed E-state index contributed by atoms with van der Waals surface area (Å²) in [6.07, 6.45) is 1.53. The van der Waals surface area contributed by atoms with Crippen LogP contribution < -0.4 is 15.4 Å². The van der Waals surface area contributed by atoms with E-state index in [-0.39, 0.29) is 28.8 Å². The molecule has 0 unspecified atom stereocenters. The predicted molar refractivity (Wildman–Crippen MR) is 165 cm³/mol. The minimum absolute atomic E-state index is 0.0193. The molecule has 232 valence electrons. The summed E-state index contributed by atoms with van der Waals surface area (Å²) in [4.78, 5) is 22.0. The average molecular weight is 681 g/mol. The van der Waals surface area contributed by atoms with E-state index in [9.17, 15) is 22.7 Å². The maximum atomic E-state index is 14.0. The summed E-state index contributed by atoms with van der Waals surface area (Å²) in [6, 6.07) is 6.80. The zero-order chi connectivity index (χ0) is 31.3. The van der Waals surface area contributed by atoms with Gasteiger partial charge in [0, 0.05) is 35.9 Å². The minimum Gasteiger partial charge on any atom is -0.497 e. The molecule has 0 bridgehead atoms. The van der Waals surface area contributed by atoms with Crippen molar-refractivity contribution in [1.82, 2.24) is 14.9 Å². The largest absolute Gasteiger partial charge is 0.497 e. The number of guanidine groups is 1. The number of ether oxygens (including phenoxy) is 2. The number of nitrogens with one attached hydrogen (secondary N) is 2. The topological polar surface area (TPSA) is 142 Å². The smallest absolute Gasteiger partial charge is 0.244 e. The Morgan fingerprint density at radius 3 is 2.63 bits per heavy atom. The van der Waals surface area contributed by atoms with Crippen LogP contribution in [0.1, 0.15) is 49.4 Å². The van der Waals surface area contributed by atoms with Crippen LogP contribution in [0.4, 0.5) is 4.39 Å². The summed E-state index contributed by atoms with van der Waals surface area (Å²) in [5.41, 5.74) is 1.94. The maximum Gasteiger partial charge on any atom is 0.244 e. The number of halogens is 2. The molecule has 0 spiro atoms. The first-order valence-electron chi connectivity index (χ1n) is 13.6. The van der Waals surface area contributed by atoms with Gasteiger partial charge in [0.25, 0.3) is 0 Å². The molecule has 43 heavy (non-hydrogen) atoms. The first kappa shape index (κ1) is 32.7. The molecule has 2 aromatic carbocycles. The molecule has 11 nitrogen and oxygen atoms in total. The highest BCUT2D eigenvalue weighted by Gasteiger charge is 2.41. The highest BCUT2D eigenvalue weighted by Crippen LogP contribution is 2.35. The van der Waals surface area contributed by atoms with Crippen molar-refractivity contribution >= 4 is 50.2 Å². The molecule has 1 fully saturated rings. The van der Waals surface area contributed by atoms with Crippen LogP contribution in [0.15, 0.2) is 55.8 Å². The van der Waals surface area contributed by atoms with Gasteiger partial charge in [-0.25, -0.2) is 22.8 Å². The summed E-state index contributed by atoms with van der Waals surface area (Å²) in [7, 11) is -2.70. The number of methoxy groups -OCH3 is 1. The van der Waals surface area contributed by atoms with Gasteiger partial charge in [-0.15, -0.1) is 0 Å². The summed E-state index contributed by atoms with van der Waals surface area (Å²) in [6.45, 7) is 7.58. The lowest BCUT2D eigenvalue weighted by Gasteiger charge is -2.25. The Kier molecular flexibility index (Phi) is 10.7. The Morgan fingerprint density at radius 1 is 1.28 bits per heavy atom. The van der Waals surface area contributed by atoms with Crippen LogP contribution in [0.25, 0.3) is 5.70 Å². The molecule has 2 aromatic rings. The Labute approximate surface area is 259 Å². The van der Waals surface area contributed by atoms with Gasteiger partial charge in [-0.2, -0.15) is 4.31 Å². The number of rotatable bonds is 9. The van der Waals surface area contributed by atoms with Crippen molar-refractivity contribution in [2.75, 3.05) is 26.9 Å². The van der Waals surface area contributed by atoms with E-state index in [1.54, 1.807) is 18.2 Å². The molecule has 2 atom stereocenters. The van der Waals surface area contributed by atoms with Crippen LogP contribution in [0.2, 0.25) is 0 Å². The number of aliphatic hydroxyl groups excluding tert-OH is 1. The van der Waals surface area contributed by atoms with Crippen LogP contribution in [0, 0.1) is 5.82 Å². The summed E-state index contributed by atoms with van der Waals surface area (Å²) < 4.78 is 53.7. The third-order valence-electron chi connectivity index (χ3n) is 7.34. The number of hydrogen-bond acceptors (Lipinski definition) is 7. The van der Waals surface area contributed by atoms with Crippen LogP contribution in [0.5, 0.6) is 5.75 Å². The molecule has 2 aliphatic rings. The van der Waals surface area contributed by atoms with E-state index in [1.165, 1.54) is 32.2 Å². The van der Waals surface area contributed by atoms with Crippen molar-refractivity contribution in [3.63, 3.8) is 0 Å². The molecular formula is C29H35BrFN5O6S. The van der Waals surface area contributed by atoms with Crippen molar-refractivity contribution in [2.45, 2.75) is 56.3 Å². The van der Waals surface area contributed by atoms with Crippen molar-refractivity contribution in [2.24, 2.45) is 9.98 Å². The molecule has 14 heteroatoms. The molecular weight excluding hydrogens is 645 g/mol. The number of carbonyl (C=O) groups is 1. The van der Waals surface area contributed by atoms with Gasteiger partial charge >= 0.3 is 0 Å². The number of nitrogens with zero attached hydrogens (tertiary/aromatic N) is 3. The van der Waals surface area contributed by atoms with E-state index < -0.39 is 40.4 Å². The number of allylic oxidation sites excluding steroid dienone is 1. The number of aliphatic imine (C=N–C) groups is 2. The Bertz CT molecular complexity index is 1540. The molecule has 4 rings (SSSR count). The molecule has 0 radical (unpaired) electrons. The number of benzene rings is 2. The minimum atomic E-state index is -4.07. The molecule has 3 N–H and O–H groups in total. The van der Waals surface area contributed by atoms with Gasteiger partial charge in [0.05, 0.1) is 36.4 Å². The van der Waals surface area contributed by atoms with E-state index in [2.05, 4.69) is 43.3 Å². The second-order valence-corrected chi connectivity index (χ2v) is 13.3. The molecule has 0 saturated carbocycles. The monoisotopic (exact) mass is 679 g/mol. The number of sulfonamides is 1. The van der Waals surface area contributed by atoms with E-state index in [1.807, 2.05) is 6.92 Å². The Morgan fingerprint density at radius 2 is 2.00 bits per heavy atom. The fourth-order valence-electron chi connectivity index (χ4n) is 4.93. The highest BCUT2D eigenvalue weighted by atomic mass is 79.9. The van der Waals surface area contributed by atoms with Crippen LogP contribution in [0.3, 0.4) is 0 Å². The number of fused-ring (bicyclic) bond motifs is 1. The molecule has 1 saturated heterocycles. The summed E-state index contributed by atoms with van der Waals surface area (Å²) in [5, 5.41) is 15.7. The highest BCUT2D eigenvalue weighted by molar-refractivity contribution is 9.11. The Hall–Kier alpha value is -3.17. The first-order valence-corrected chi connectivity index (χ1v) is 15.9. The number of hydrogen-bond donors (Lipinski definition) is 3. The third-order valence-corrected chi connectivity index (χ3v) is 9.73. The van der Waals surface area contributed by atoms with Crippen molar-refractivity contribution in [1.29, 1.82) is 0 Å². The third kappa shape index (κ3) is 7.50. The molecule has 2 aliphatic heterocycles. The van der Waals surface area contributed by atoms with Crippen molar-refractivity contribution < 1.29 is 32.2 Å². The second kappa shape index (κ2) is 14.1. The van der Waals surface area contributed by atoms with Gasteiger partial charge in [-0.1, -0.05) is 28.1 Å². The fourth-order valence-corrected chi connectivity index (χ4v) is 7.08. The van der Waals surface area contributed by atoms with E-state index in [4.69, 9.17) is 9.47 Å². The zero-order valence-electron chi connectivity index (χ0n) is 24.1.